The van der Waals surface area contributed by atoms with Gasteiger partial charge in [-0.05, 0) is 73.3 Å². The van der Waals surface area contributed by atoms with Gasteiger partial charge < -0.3 is 14.8 Å². The number of rotatable bonds is 14. The first-order valence-corrected chi connectivity index (χ1v) is 15.9. The van der Waals surface area contributed by atoms with Crippen molar-refractivity contribution in [2.75, 3.05) is 17.8 Å². The lowest BCUT2D eigenvalue weighted by Gasteiger charge is -2.12. The van der Waals surface area contributed by atoms with Gasteiger partial charge in [0.2, 0.25) is 5.89 Å². The third kappa shape index (κ3) is 8.25. The van der Waals surface area contributed by atoms with Crippen molar-refractivity contribution in [1.29, 1.82) is 0 Å². The van der Waals surface area contributed by atoms with Gasteiger partial charge in [0.15, 0.2) is 0 Å². The van der Waals surface area contributed by atoms with Crippen molar-refractivity contribution in [1.82, 2.24) is 15.3 Å². The number of sulfonamides is 1. The number of benzene rings is 2. The Bertz CT molecular complexity index is 1470. The Morgan fingerprint density at radius 2 is 1.76 bits per heavy atom. The monoisotopic (exact) mass is 574 g/mol. The molecule has 1 aliphatic carbocycles. The Morgan fingerprint density at radius 1 is 0.976 bits per heavy atom. The number of nitrogens with zero attached hydrogens (tertiary/aromatic N) is 2. The highest BCUT2D eigenvalue weighted by Gasteiger charge is 2.17. The predicted molar refractivity (Wildman–Crippen MR) is 160 cm³/mol. The van der Waals surface area contributed by atoms with Crippen LogP contribution in [0, 0.1) is 5.92 Å². The highest BCUT2D eigenvalue weighted by atomic mass is 32.2. The second-order valence-corrected chi connectivity index (χ2v) is 12.4. The molecule has 1 saturated carbocycles. The molecular formula is C32H38N4O4S. The van der Waals surface area contributed by atoms with E-state index in [9.17, 15) is 13.5 Å². The molecule has 0 saturated heterocycles. The fraction of sp³-hybridized carbons (Fsp3) is 0.375. The molecule has 3 N–H and O–H groups in total. The van der Waals surface area contributed by atoms with Crippen LogP contribution >= 0.6 is 0 Å². The number of nitrogens with one attached hydrogen (secondary N) is 2. The van der Waals surface area contributed by atoms with Gasteiger partial charge in [0, 0.05) is 42.2 Å². The third-order valence-corrected chi connectivity index (χ3v) is 9.08. The summed E-state index contributed by atoms with van der Waals surface area (Å²) in [6.07, 6.45) is 13.9. The number of oxazole rings is 1. The van der Waals surface area contributed by atoms with Gasteiger partial charge in [0.25, 0.3) is 10.0 Å². The van der Waals surface area contributed by atoms with Gasteiger partial charge in [-0.1, -0.05) is 50.3 Å². The molecule has 0 spiro atoms. The minimum Gasteiger partial charge on any atom is -0.441 e. The zero-order valence-corrected chi connectivity index (χ0v) is 24.0. The van der Waals surface area contributed by atoms with Gasteiger partial charge >= 0.3 is 0 Å². The quantitative estimate of drug-likeness (QED) is 0.160. The van der Waals surface area contributed by atoms with Crippen LogP contribution in [0.15, 0.2) is 88.6 Å². The van der Waals surface area contributed by atoms with Crippen molar-refractivity contribution in [3.05, 3.63) is 96.1 Å². The largest absolute Gasteiger partial charge is 0.441 e. The molecule has 8 nitrogen and oxygen atoms in total. The number of aryl methyl sites for hydroxylation is 1. The first-order valence-electron chi connectivity index (χ1n) is 14.4. The summed E-state index contributed by atoms with van der Waals surface area (Å²) in [6.45, 7) is 1.11. The zero-order chi connectivity index (χ0) is 28.5. The maximum absolute atomic E-state index is 13.0. The summed E-state index contributed by atoms with van der Waals surface area (Å²) >= 11 is 0. The summed E-state index contributed by atoms with van der Waals surface area (Å²) in [5, 5.41) is 13.5. The predicted octanol–water partition coefficient (Wildman–Crippen LogP) is 5.92. The Kier molecular flexibility index (Phi) is 9.82. The minimum absolute atomic E-state index is 0.171. The van der Waals surface area contributed by atoms with Crippen LogP contribution < -0.4 is 10.0 Å². The van der Waals surface area contributed by atoms with E-state index in [1.165, 1.54) is 32.1 Å². The van der Waals surface area contributed by atoms with Gasteiger partial charge in [-0.2, -0.15) is 0 Å². The van der Waals surface area contributed by atoms with E-state index in [2.05, 4.69) is 20.0 Å². The molecule has 9 heteroatoms. The van der Waals surface area contributed by atoms with E-state index >= 15 is 0 Å². The van der Waals surface area contributed by atoms with E-state index in [1.54, 1.807) is 61.1 Å². The van der Waals surface area contributed by atoms with Crippen molar-refractivity contribution in [3.63, 3.8) is 0 Å². The van der Waals surface area contributed by atoms with Crippen molar-refractivity contribution >= 4 is 15.7 Å². The van der Waals surface area contributed by atoms with Crippen LogP contribution in [0.25, 0.3) is 11.5 Å². The van der Waals surface area contributed by atoms with Crippen molar-refractivity contribution < 1.29 is 17.9 Å². The van der Waals surface area contributed by atoms with Crippen LogP contribution in [-0.4, -0.2) is 36.6 Å². The maximum Gasteiger partial charge on any atom is 0.261 e. The van der Waals surface area contributed by atoms with Crippen LogP contribution in [0.4, 0.5) is 5.69 Å². The van der Waals surface area contributed by atoms with Crippen LogP contribution in [0.5, 0.6) is 0 Å². The molecule has 1 unspecified atom stereocenters. The van der Waals surface area contributed by atoms with Gasteiger partial charge in [0.1, 0.15) is 5.76 Å². The van der Waals surface area contributed by atoms with E-state index in [0.29, 0.717) is 24.7 Å². The standard InChI is InChI=1S/C32H38N4O4S/c37-31(27-8-4-19-33-21-27)23-34-20-18-25-10-14-28(15-11-25)36-41(38,39)30-16-12-26(13-17-30)32-35-22-29(40-32)9-3-7-24-5-1-2-6-24/h4,8,10-17,19,21-22,24,31,34,36-37H,1-3,5-7,9,18,20,23H2. The number of aliphatic hydroxyl groups excluding tert-OH is 1. The average Bonchev–Trinajstić information content (AvgIpc) is 3.69. The normalized spacial score (nSPS) is 14.8. The molecule has 2 aromatic heterocycles. The zero-order valence-electron chi connectivity index (χ0n) is 23.2. The van der Waals surface area contributed by atoms with Gasteiger partial charge in [-0.3, -0.25) is 9.71 Å². The summed E-state index contributed by atoms with van der Waals surface area (Å²) in [5.74, 6) is 2.25. The van der Waals surface area contributed by atoms with E-state index in [0.717, 1.165) is 47.6 Å². The van der Waals surface area contributed by atoms with Gasteiger partial charge in [-0.15, -0.1) is 0 Å². The molecule has 0 bridgehead atoms. The fourth-order valence-corrected chi connectivity index (χ4v) is 6.37. The summed E-state index contributed by atoms with van der Waals surface area (Å²) in [6, 6.07) is 17.5. The Morgan fingerprint density at radius 3 is 2.49 bits per heavy atom. The number of aromatic nitrogens is 2. The molecule has 4 aromatic rings. The molecule has 216 valence electrons. The highest BCUT2D eigenvalue weighted by molar-refractivity contribution is 7.92. The number of hydrogen-bond donors (Lipinski definition) is 3. The van der Waals surface area contributed by atoms with E-state index in [1.807, 2.05) is 18.2 Å². The summed E-state index contributed by atoms with van der Waals surface area (Å²) in [7, 11) is -3.74. The Labute approximate surface area is 242 Å². The number of aliphatic hydroxyl groups is 1. The molecule has 1 aliphatic rings. The topological polar surface area (TPSA) is 117 Å². The maximum atomic E-state index is 13.0. The van der Waals surface area contributed by atoms with Crippen LogP contribution in [-0.2, 0) is 22.9 Å². The van der Waals surface area contributed by atoms with Crippen LogP contribution in [0.3, 0.4) is 0 Å². The van der Waals surface area contributed by atoms with Crippen molar-refractivity contribution in [2.45, 2.75) is 62.4 Å². The van der Waals surface area contributed by atoms with E-state index < -0.39 is 16.1 Å². The summed E-state index contributed by atoms with van der Waals surface area (Å²) in [5.41, 5.74) is 3.08. The lowest BCUT2D eigenvalue weighted by atomic mass is 10.0. The number of pyridine rings is 1. The summed E-state index contributed by atoms with van der Waals surface area (Å²) < 4.78 is 34.5. The fourth-order valence-electron chi connectivity index (χ4n) is 5.31. The first-order chi connectivity index (χ1) is 20.0. The van der Waals surface area contributed by atoms with Crippen LogP contribution in [0.2, 0.25) is 0 Å². The molecule has 0 amide bonds. The van der Waals surface area contributed by atoms with E-state index in [4.69, 9.17) is 4.42 Å². The highest BCUT2D eigenvalue weighted by Crippen LogP contribution is 2.29. The number of anilines is 1. The third-order valence-electron chi connectivity index (χ3n) is 7.68. The Hall–Kier alpha value is -3.53. The second-order valence-electron chi connectivity index (χ2n) is 10.8. The smallest absolute Gasteiger partial charge is 0.261 e. The second kappa shape index (κ2) is 13.9. The van der Waals surface area contributed by atoms with E-state index in [-0.39, 0.29) is 4.90 Å². The lowest BCUT2D eigenvalue weighted by Crippen LogP contribution is -2.23. The molecule has 41 heavy (non-hydrogen) atoms. The van der Waals surface area contributed by atoms with Crippen molar-refractivity contribution in [2.24, 2.45) is 5.92 Å². The Balaban J connectivity index is 1.08. The van der Waals surface area contributed by atoms with Gasteiger partial charge in [0.05, 0.1) is 17.2 Å². The molecule has 0 aliphatic heterocycles. The average molecular weight is 575 g/mol. The molecule has 2 heterocycles. The minimum atomic E-state index is -3.74. The molecule has 1 fully saturated rings. The lowest BCUT2D eigenvalue weighted by molar-refractivity contribution is 0.174. The molecule has 2 aromatic carbocycles. The first kappa shape index (κ1) is 29.0. The van der Waals surface area contributed by atoms with Crippen molar-refractivity contribution in [3.8, 4) is 11.5 Å². The molecular weight excluding hydrogens is 536 g/mol. The van der Waals surface area contributed by atoms with Gasteiger partial charge in [-0.25, -0.2) is 13.4 Å². The van der Waals surface area contributed by atoms with Crippen LogP contribution in [0.1, 0.15) is 61.5 Å². The number of hydrogen-bond acceptors (Lipinski definition) is 7. The molecule has 1 atom stereocenters. The molecule has 0 radical (unpaired) electrons. The SMILES string of the molecule is O=S(=O)(Nc1ccc(CCNCC(O)c2cccnc2)cc1)c1ccc(-c2ncc(CCCC3CCCC3)o2)cc1. The molecule has 5 rings (SSSR count). The summed E-state index contributed by atoms with van der Waals surface area (Å²) in [4.78, 5) is 8.60.